The zero-order valence-electron chi connectivity index (χ0n) is 17.1. The highest BCUT2D eigenvalue weighted by atomic mass is 16.5. The van der Waals surface area contributed by atoms with Gasteiger partial charge in [-0.3, -0.25) is 0 Å². The lowest BCUT2D eigenvalue weighted by molar-refractivity contribution is 0.264. The van der Waals surface area contributed by atoms with Crippen LogP contribution in [0.4, 0.5) is 0 Å². The molecule has 0 amide bonds. The van der Waals surface area contributed by atoms with Gasteiger partial charge in [0, 0.05) is 17.5 Å². The first-order chi connectivity index (χ1) is 13.4. The molecule has 28 heavy (non-hydrogen) atoms. The average molecular weight is 380 g/mol. The molecule has 148 valence electrons. The van der Waals surface area contributed by atoms with Crippen LogP contribution in [-0.2, 0) is 19.3 Å². The van der Waals surface area contributed by atoms with E-state index in [0.29, 0.717) is 24.0 Å². The van der Waals surface area contributed by atoms with E-state index in [2.05, 4.69) is 55.1 Å². The predicted molar refractivity (Wildman–Crippen MR) is 108 cm³/mol. The maximum atomic E-state index is 5.66. The molecular weight excluding hydrogens is 352 g/mol. The lowest BCUT2D eigenvalue weighted by Crippen LogP contribution is -2.21. The first-order valence-corrected chi connectivity index (χ1v) is 10.00. The summed E-state index contributed by atoms with van der Waals surface area (Å²) in [5.41, 5.74) is 12.5. The molecule has 0 saturated heterocycles. The Hall–Kier alpha value is -2.47. The molecule has 1 aliphatic rings. The number of aryl methyl sites for hydroxylation is 2. The van der Waals surface area contributed by atoms with E-state index in [1.54, 1.807) is 0 Å². The molecule has 2 N–H and O–H groups in total. The molecule has 0 fully saturated rings. The maximum Gasteiger partial charge on any atom is 0.280 e. The van der Waals surface area contributed by atoms with Crippen LogP contribution in [0.2, 0.25) is 0 Å². The Kier molecular flexibility index (Phi) is 4.83. The lowest BCUT2D eigenvalue weighted by Gasteiger charge is -2.27. The minimum atomic E-state index is 0.241. The van der Waals surface area contributed by atoms with Gasteiger partial charge in [0.15, 0.2) is 5.69 Å². The van der Waals surface area contributed by atoms with Crippen molar-refractivity contribution in [3.05, 3.63) is 40.1 Å². The van der Waals surface area contributed by atoms with Gasteiger partial charge in [0.2, 0.25) is 5.82 Å². The summed E-state index contributed by atoms with van der Waals surface area (Å²) >= 11 is 0. The van der Waals surface area contributed by atoms with Gasteiger partial charge in [-0.25, -0.2) is 0 Å². The molecule has 3 aromatic rings. The second kappa shape index (κ2) is 7.17. The molecule has 2 heterocycles. The number of nitrogens with two attached hydrogens (primary N) is 1. The second-order valence-electron chi connectivity index (χ2n) is 8.68. The van der Waals surface area contributed by atoms with Crippen LogP contribution in [-0.4, -0.2) is 21.8 Å². The fraction of sp³-hybridized carbons (Fsp3) is 0.500. The molecule has 4 rings (SSSR count). The van der Waals surface area contributed by atoms with E-state index in [-0.39, 0.29) is 5.41 Å². The van der Waals surface area contributed by atoms with Crippen LogP contribution in [0.1, 0.15) is 54.7 Å². The highest BCUT2D eigenvalue weighted by molar-refractivity contribution is 5.62. The van der Waals surface area contributed by atoms with Crippen molar-refractivity contribution in [1.82, 2.24) is 15.3 Å². The van der Waals surface area contributed by atoms with Crippen LogP contribution in [0, 0.1) is 19.3 Å². The van der Waals surface area contributed by atoms with Crippen LogP contribution in [0.3, 0.4) is 0 Å². The van der Waals surface area contributed by atoms with Crippen molar-refractivity contribution < 1.29 is 9.05 Å². The third-order valence-electron chi connectivity index (χ3n) is 5.77. The molecule has 1 aromatic carbocycles. The predicted octanol–water partition coefficient (Wildman–Crippen LogP) is 4.41. The summed E-state index contributed by atoms with van der Waals surface area (Å²) in [7, 11) is 0. The van der Waals surface area contributed by atoms with Gasteiger partial charge in [-0.1, -0.05) is 24.2 Å². The zero-order chi connectivity index (χ0) is 19.9. The van der Waals surface area contributed by atoms with E-state index in [4.69, 9.17) is 14.8 Å². The third kappa shape index (κ3) is 3.49. The van der Waals surface area contributed by atoms with Crippen molar-refractivity contribution in [1.29, 1.82) is 0 Å². The summed E-state index contributed by atoms with van der Waals surface area (Å²) in [5.74, 6) is 1.96. The van der Waals surface area contributed by atoms with Gasteiger partial charge in [0.1, 0.15) is 5.76 Å². The van der Waals surface area contributed by atoms with Crippen molar-refractivity contribution in [2.45, 2.75) is 59.8 Å². The fourth-order valence-corrected chi connectivity index (χ4v) is 4.13. The Balaban J connectivity index is 1.63. The van der Waals surface area contributed by atoms with E-state index in [1.165, 1.54) is 16.7 Å². The third-order valence-corrected chi connectivity index (χ3v) is 5.77. The molecule has 0 spiro atoms. The van der Waals surface area contributed by atoms with E-state index < -0.39 is 0 Å². The van der Waals surface area contributed by atoms with Crippen LogP contribution in [0.15, 0.2) is 21.2 Å². The Morgan fingerprint density at radius 3 is 2.57 bits per heavy atom. The summed E-state index contributed by atoms with van der Waals surface area (Å²) < 4.78 is 11.2. The van der Waals surface area contributed by atoms with Crippen LogP contribution < -0.4 is 5.73 Å². The molecule has 1 aliphatic carbocycles. The number of hydrogen-bond donors (Lipinski definition) is 1. The van der Waals surface area contributed by atoms with E-state index in [9.17, 15) is 0 Å². The van der Waals surface area contributed by atoms with Gasteiger partial charge in [-0.2, -0.15) is 4.98 Å². The average Bonchev–Trinajstić information content (AvgIpc) is 3.26. The van der Waals surface area contributed by atoms with Crippen molar-refractivity contribution >= 4 is 0 Å². The molecule has 0 radical (unpaired) electrons. The first kappa shape index (κ1) is 18.9. The minimum absolute atomic E-state index is 0.241. The summed E-state index contributed by atoms with van der Waals surface area (Å²) in [6.07, 6.45) is 4.89. The maximum absolute atomic E-state index is 5.66. The monoisotopic (exact) mass is 380 g/mol. The number of aromatic nitrogens is 3. The van der Waals surface area contributed by atoms with E-state index >= 15 is 0 Å². The van der Waals surface area contributed by atoms with Crippen molar-refractivity contribution in [2.75, 3.05) is 6.54 Å². The highest BCUT2D eigenvalue weighted by Gasteiger charge is 2.32. The summed E-state index contributed by atoms with van der Waals surface area (Å²) in [6.45, 7) is 9.46. The van der Waals surface area contributed by atoms with E-state index in [1.807, 2.05) is 0 Å². The molecule has 2 aromatic heterocycles. The zero-order valence-corrected chi connectivity index (χ0v) is 17.1. The first-order valence-electron chi connectivity index (χ1n) is 10.00. The molecule has 0 bridgehead atoms. The fourth-order valence-electron chi connectivity index (χ4n) is 4.13. The van der Waals surface area contributed by atoms with Gasteiger partial charge in [-0.05, 0) is 80.3 Å². The van der Waals surface area contributed by atoms with Crippen LogP contribution >= 0.6 is 0 Å². The van der Waals surface area contributed by atoms with Gasteiger partial charge in [0.05, 0.1) is 0 Å². The Morgan fingerprint density at radius 2 is 1.86 bits per heavy atom. The summed E-state index contributed by atoms with van der Waals surface area (Å²) in [5, 5.41) is 8.45. The van der Waals surface area contributed by atoms with Crippen molar-refractivity contribution in [3.63, 3.8) is 0 Å². The molecule has 0 unspecified atom stereocenters. The number of benzene rings is 1. The highest BCUT2D eigenvalue weighted by Crippen LogP contribution is 2.39. The molecule has 0 aliphatic heterocycles. The van der Waals surface area contributed by atoms with Gasteiger partial charge in [0.25, 0.3) is 5.89 Å². The van der Waals surface area contributed by atoms with Crippen molar-refractivity contribution in [3.8, 4) is 23.0 Å². The Morgan fingerprint density at radius 1 is 1.11 bits per heavy atom. The minimum Gasteiger partial charge on any atom is -0.360 e. The number of hydrogen-bond acceptors (Lipinski definition) is 6. The topological polar surface area (TPSA) is 91.0 Å². The van der Waals surface area contributed by atoms with Crippen molar-refractivity contribution in [2.24, 2.45) is 11.1 Å². The summed E-state index contributed by atoms with van der Waals surface area (Å²) in [6, 6.07) is 4.24. The number of rotatable bonds is 5. The molecular formula is C22H28N4O2. The molecule has 6 nitrogen and oxygen atoms in total. The van der Waals surface area contributed by atoms with Gasteiger partial charge in [-0.15, -0.1) is 0 Å². The lowest BCUT2D eigenvalue weighted by atomic mass is 9.77. The van der Waals surface area contributed by atoms with Crippen LogP contribution in [0.25, 0.3) is 23.0 Å². The van der Waals surface area contributed by atoms with Crippen LogP contribution in [0.5, 0.6) is 0 Å². The molecule has 0 atom stereocenters. The Bertz CT molecular complexity index is 977. The van der Waals surface area contributed by atoms with Gasteiger partial charge < -0.3 is 14.8 Å². The normalized spacial score (nSPS) is 15.6. The second-order valence-corrected chi connectivity index (χ2v) is 8.68. The smallest absolute Gasteiger partial charge is 0.280 e. The number of nitrogens with zero attached hydrogens (tertiary/aromatic N) is 3. The van der Waals surface area contributed by atoms with E-state index in [0.717, 1.165) is 49.0 Å². The summed E-state index contributed by atoms with van der Waals surface area (Å²) in [4.78, 5) is 4.62. The molecule has 6 heteroatoms. The quantitative estimate of drug-likeness (QED) is 0.705. The van der Waals surface area contributed by atoms with Gasteiger partial charge >= 0.3 is 0 Å². The molecule has 0 saturated carbocycles. The largest absolute Gasteiger partial charge is 0.360 e. The SMILES string of the molecule is Cc1cc(-c2noc(-c3noc4c3CCC(C)(C)C4)n2)cc(C)c1CCCN. The Labute approximate surface area is 165 Å². The number of fused-ring (bicyclic) bond motifs is 1. The standard InChI is InChI=1S/C22H28N4O2/c1-13-10-15(11-14(2)16(13)6-5-9-23)20-24-21(28-26-20)19-17-7-8-22(3,4)12-18(17)27-25-19/h10-11H,5-9,12,23H2,1-4H3.